The SMILES string of the molecule is Cc1ccc(C2CC(=O)N(c3ccc(C)cc3[N+](=O)[O-])C3=C2C(=O)CCC3)cc1. The Morgan fingerprint density at radius 1 is 1.00 bits per heavy atom. The molecule has 0 saturated carbocycles. The van der Waals surface area contributed by atoms with E-state index in [0.29, 0.717) is 30.5 Å². The maximum Gasteiger partial charge on any atom is 0.293 e. The van der Waals surface area contributed by atoms with Crippen LogP contribution in [0, 0.1) is 24.0 Å². The lowest BCUT2D eigenvalue weighted by molar-refractivity contribution is -0.384. The highest BCUT2D eigenvalue weighted by molar-refractivity contribution is 6.08. The zero-order chi connectivity index (χ0) is 20.7. The monoisotopic (exact) mass is 390 g/mol. The van der Waals surface area contributed by atoms with E-state index < -0.39 is 4.92 Å². The second-order valence-corrected chi connectivity index (χ2v) is 7.78. The number of carbonyl (C=O) groups excluding carboxylic acids is 2. The molecule has 1 atom stereocenters. The highest BCUT2D eigenvalue weighted by atomic mass is 16.6. The zero-order valence-corrected chi connectivity index (χ0v) is 16.5. The minimum absolute atomic E-state index is 0.0316. The second-order valence-electron chi connectivity index (χ2n) is 7.78. The van der Waals surface area contributed by atoms with Gasteiger partial charge in [0.1, 0.15) is 5.69 Å². The van der Waals surface area contributed by atoms with Crippen LogP contribution in [0.4, 0.5) is 11.4 Å². The summed E-state index contributed by atoms with van der Waals surface area (Å²) >= 11 is 0. The van der Waals surface area contributed by atoms with Crippen molar-refractivity contribution in [1.29, 1.82) is 0 Å². The first-order valence-electron chi connectivity index (χ1n) is 9.77. The number of anilines is 1. The summed E-state index contributed by atoms with van der Waals surface area (Å²) in [7, 11) is 0. The van der Waals surface area contributed by atoms with Crippen LogP contribution in [0.1, 0.15) is 48.3 Å². The Labute approximate surface area is 169 Å². The first-order valence-corrected chi connectivity index (χ1v) is 9.77. The van der Waals surface area contributed by atoms with E-state index in [9.17, 15) is 19.7 Å². The summed E-state index contributed by atoms with van der Waals surface area (Å²) in [5, 5.41) is 11.6. The van der Waals surface area contributed by atoms with Crippen molar-refractivity contribution in [3.8, 4) is 0 Å². The number of nitrogens with zero attached hydrogens (tertiary/aromatic N) is 2. The van der Waals surface area contributed by atoms with E-state index in [0.717, 1.165) is 16.7 Å². The van der Waals surface area contributed by atoms with Crippen LogP contribution in [0.2, 0.25) is 0 Å². The van der Waals surface area contributed by atoms with Gasteiger partial charge in [-0.1, -0.05) is 35.9 Å². The first-order chi connectivity index (χ1) is 13.9. The van der Waals surface area contributed by atoms with Crippen LogP contribution in [-0.2, 0) is 9.59 Å². The molecular formula is C23H22N2O4. The number of hydrogen-bond donors (Lipinski definition) is 0. The Kier molecular flexibility index (Phi) is 4.78. The number of carbonyl (C=O) groups is 2. The maximum atomic E-state index is 13.2. The lowest BCUT2D eigenvalue weighted by Crippen LogP contribution is -2.40. The summed E-state index contributed by atoms with van der Waals surface area (Å²) in [6, 6.07) is 12.7. The number of aryl methyl sites for hydroxylation is 2. The number of rotatable bonds is 3. The standard InChI is InChI=1S/C23H22N2O4/c1-14-6-9-16(10-7-14)17-13-22(27)24(19-4-3-5-21(26)23(17)19)18-11-8-15(2)12-20(18)25(28)29/h6-12,17H,3-5,13H2,1-2H3. The molecule has 2 aromatic carbocycles. The van der Waals surface area contributed by atoms with Gasteiger partial charge in [0.2, 0.25) is 5.91 Å². The molecular weight excluding hydrogens is 368 g/mol. The number of benzene rings is 2. The van der Waals surface area contributed by atoms with E-state index in [1.165, 1.54) is 11.0 Å². The molecule has 0 fully saturated rings. The van der Waals surface area contributed by atoms with Crippen LogP contribution in [-0.4, -0.2) is 16.6 Å². The highest BCUT2D eigenvalue weighted by Crippen LogP contribution is 2.45. The van der Waals surface area contributed by atoms with E-state index in [4.69, 9.17) is 0 Å². The largest absolute Gasteiger partial charge is 0.294 e. The van der Waals surface area contributed by atoms with E-state index >= 15 is 0 Å². The fraction of sp³-hybridized carbons (Fsp3) is 0.304. The summed E-state index contributed by atoms with van der Waals surface area (Å²) < 4.78 is 0. The van der Waals surface area contributed by atoms with Gasteiger partial charge in [-0.2, -0.15) is 0 Å². The Hall–Kier alpha value is -3.28. The molecule has 6 nitrogen and oxygen atoms in total. The van der Waals surface area contributed by atoms with E-state index in [-0.39, 0.29) is 35.4 Å². The minimum Gasteiger partial charge on any atom is -0.294 e. The third kappa shape index (κ3) is 3.35. The molecule has 29 heavy (non-hydrogen) atoms. The van der Waals surface area contributed by atoms with Crippen molar-refractivity contribution in [3.63, 3.8) is 0 Å². The van der Waals surface area contributed by atoms with Gasteiger partial charge < -0.3 is 0 Å². The van der Waals surface area contributed by atoms with Crippen molar-refractivity contribution in [2.45, 2.75) is 45.4 Å². The van der Waals surface area contributed by atoms with Gasteiger partial charge in [0.15, 0.2) is 5.78 Å². The summed E-state index contributed by atoms with van der Waals surface area (Å²) in [4.78, 5) is 38.7. The quantitative estimate of drug-likeness (QED) is 0.560. The number of ketones is 1. The number of amides is 1. The van der Waals surface area contributed by atoms with Gasteiger partial charge in [0, 0.05) is 36.1 Å². The Morgan fingerprint density at radius 3 is 2.38 bits per heavy atom. The molecule has 0 bridgehead atoms. The van der Waals surface area contributed by atoms with Crippen molar-refractivity contribution in [1.82, 2.24) is 0 Å². The molecule has 0 N–H and O–H groups in total. The molecule has 1 aliphatic heterocycles. The lowest BCUT2D eigenvalue weighted by Gasteiger charge is -2.38. The van der Waals surface area contributed by atoms with Crippen LogP contribution in [0.5, 0.6) is 0 Å². The third-order valence-electron chi connectivity index (χ3n) is 5.72. The molecule has 1 aliphatic carbocycles. The Morgan fingerprint density at radius 2 is 1.69 bits per heavy atom. The van der Waals surface area contributed by atoms with Crippen LogP contribution >= 0.6 is 0 Å². The Balaban J connectivity index is 1.90. The van der Waals surface area contributed by atoms with E-state index in [1.807, 2.05) is 31.2 Å². The molecule has 2 aliphatic rings. The number of Topliss-reactive ketones (excluding diaryl/α,β-unsaturated/α-hetero) is 1. The molecule has 0 saturated heterocycles. The molecule has 2 aromatic rings. The van der Waals surface area contributed by atoms with Gasteiger partial charge in [0.25, 0.3) is 5.69 Å². The summed E-state index contributed by atoms with van der Waals surface area (Å²) in [5.41, 5.74) is 4.18. The smallest absolute Gasteiger partial charge is 0.293 e. The van der Waals surface area contributed by atoms with Gasteiger partial charge in [-0.25, -0.2) is 0 Å². The van der Waals surface area contributed by atoms with Gasteiger partial charge in [-0.15, -0.1) is 0 Å². The fourth-order valence-corrected chi connectivity index (χ4v) is 4.32. The van der Waals surface area contributed by atoms with Crippen molar-refractivity contribution < 1.29 is 14.5 Å². The van der Waals surface area contributed by atoms with Crippen molar-refractivity contribution in [3.05, 3.63) is 80.5 Å². The summed E-state index contributed by atoms with van der Waals surface area (Å²) in [6.45, 7) is 3.77. The average molecular weight is 390 g/mol. The predicted molar refractivity (Wildman–Crippen MR) is 110 cm³/mol. The maximum absolute atomic E-state index is 13.2. The van der Waals surface area contributed by atoms with Crippen molar-refractivity contribution in [2.75, 3.05) is 4.90 Å². The van der Waals surface area contributed by atoms with Gasteiger partial charge in [-0.05, 0) is 43.9 Å². The van der Waals surface area contributed by atoms with Gasteiger partial charge in [-0.3, -0.25) is 24.6 Å². The molecule has 0 spiro atoms. The molecule has 0 aromatic heterocycles. The van der Waals surface area contributed by atoms with Gasteiger partial charge >= 0.3 is 0 Å². The normalized spacial score (nSPS) is 19.4. The summed E-state index contributed by atoms with van der Waals surface area (Å²) in [6.07, 6.45) is 1.76. The van der Waals surface area contributed by atoms with Crippen molar-refractivity contribution in [2.24, 2.45) is 0 Å². The number of hydrogen-bond acceptors (Lipinski definition) is 4. The number of nitro groups is 1. The molecule has 6 heteroatoms. The van der Waals surface area contributed by atoms with E-state index in [2.05, 4.69) is 0 Å². The first kappa shape index (κ1) is 19.1. The van der Waals surface area contributed by atoms with Crippen LogP contribution in [0.25, 0.3) is 0 Å². The van der Waals surface area contributed by atoms with Crippen LogP contribution < -0.4 is 4.90 Å². The number of nitro benzene ring substituents is 1. The molecule has 1 unspecified atom stereocenters. The summed E-state index contributed by atoms with van der Waals surface area (Å²) in [5.74, 6) is -0.480. The average Bonchev–Trinajstić information content (AvgIpc) is 2.68. The van der Waals surface area contributed by atoms with Crippen LogP contribution in [0.3, 0.4) is 0 Å². The number of allylic oxidation sites excluding steroid dienone is 2. The lowest BCUT2D eigenvalue weighted by atomic mass is 9.77. The van der Waals surface area contributed by atoms with Crippen molar-refractivity contribution >= 4 is 23.1 Å². The second kappa shape index (κ2) is 7.28. The highest BCUT2D eigenvalue weighted by Gasteiger charge is 2.41. The third-order valence-corrected chi connectivity index (χ3v) is 5.72. The molecule has 0 radical (unpaired) electrons. The van der Waals surface area contributed by atoms with Gasteiger partial charge in [0.05, 0.1) is 4.92 Å². The fourth-order valence-electron chi connectivity index (χ4n) is 4.32. The predicted octanol–water partition coefficient (Wildman–Crippen LogP) is 4.74. The van der Waals surface area contributed by atoms with Crippen LogP contribution in [0.15, 0.2) is 53.7 Å². The zero-order valence-electron chi connectivity index (χ0n) is 16.5. The molecule has 148 valence electrons. The Bertz CT molecular complexity index is 1050. The molecule has 4 rings (SSSR count). The topological polar surface area (TPSA) is 80.5 Å². The molecule has 1 amide bonds. The minimum atomic E-state index is -0.466. The molecule has 1 heterocycles. The van der Waals surface area contributed by atoms with E-state index in [1.54, 1.807) is 19.1 Å².